The van der Waals surface area contributed by atoms with Gasteiger partial charge in [-0.1, -0.05) is 11.8 Å². The van der Waals surface area contributed by atoms with Gasteiger partial charge < -0.3 is 4.74 Å². The molecule has 0 saturated heterocycles. The molecule has 2 aromatic carbocycles. The van der Waals surface area contributed by atoms with E-state index in [2.05, 4.69) is 27.8 Å². The van der Waals surface area contributed by atoms with Crippen LogP contribution in [0.25, 0.3) is 0 Å². The van der Waals surface area contributed by atoms with Crippen molar-refractivity contribution in [2.45, 2.75) is 0 Å². The average molecular weight is 359 g/mol. The van der Waals surface area contributed by atoms with Crippen molar-refractivity contribution in [3.8, 4) is 17.6 Å². The van der Waals surface area contributed by atoms with Gasteiger partial charge in [0, 0.05) is 5.56 Å². The van der Waals surface area contributed by atoms with Crippen LogP contribution in [0.2, 0.25) is 0 Å². The molecule has 0 saturated carbocycles. The Bertz CT molecular complexity index is 716. The smallest absolute Gasteiger partial charge is 0.178 e. The molecule has 2 rings (SSSR count). The van der Waals surface area contributed by atoms with Crippen LogP contribution in [0.15, 0.2) is 28.7 Å². The van der Waals surface area contributed by atoms with E-state index in [9.17, 15) is 17.6 Å². The summed E-state index contributed by atoms with van der Waals surface area (Å²) in [4.78, 5) is 0. The Balaban J connectivity index is 2.47. The largest absolute Gasteiger partial charge is 0.497 e. The van der Waals surface area contributed by atoms with E-state index < -0.39 is 33.3 Å². The third-order valence-electron chi connectivity index (χ3n) is 2.63. The minimum atomic E-state index is -1.54. The SMILES string of the molecule is COc1ccc(C#Cc2c(F)c(F)c(Br)c(F)c2F)cc1. The second-order valence-electron chi connectivity index (χ2n) is 3.92. The Kier molecular flexibility index (Phi) is 4.53. The standard InChI is InChI=1S/C15H7BrF4O/c1-21-9-5-2-8(3-6-9)4-7-10-12(17)14(19)11(16)15(20)13(10)18/h2-3,5-6H,1H3. The molecule has 0 radical (unpaired) electrons. The van der Waals surface area contributed by atoms with Gasteiger partial charge in [-0.15, -0.1) is 0 Å². The van der Waals surface area contributed by atoms with Gasteiger partial charge in [0.05, 0.1) is 11.6 Å². The van der Waals surface area contributed by atoms with Crippen LogP contribution in [0.3, 0.4) is 0 Å². The molecule has 0 unspecified atom stereocenters. The number of rotatable bonds is 1. The van der Waals surface area contributed by atoms with Crippen molar-refractivity contribution >= 4 is 15.9 Å². The fourth-order valence-electron chi connectivity index (χ4n) is 1.52. The molecule has 21 heavy (non-hydrogen) atoms. The first-order chi connectivity index (χ1) is 9.95. The molecule has 108 valence electrons. The Morgan fingerprint density at radius 3 is 1.86 bits per heavy atom. The molecule has 0 aliphatic rings. The van der Waals surface area contributed by atoms with Crippen molar-refractivity contribution in [3.05, 3.63) is 63.1 Å². The van der Waals surface area contributed by atoms with Crippen LogP contribution in [0, 0.1) is 35.1 Å². The molecule has 0 aliphatic carbocycles. The highest BCUT2D eigenvalue weighted by molar-refractivity contribution is 9.10. The highest BCUT2D eigenvalue weighted by Gasteiger charge is 2.22. The molecule has 1 nitrogen and oxygen atoms in total. The molecule has 0 N–H and O–H groups in total. The van der Waals surface area contributed by atoms with Crippen LogP contribution in [-0.4, -0.2) is 7.11 Å². The highest BCUT2D eigenvalue weighted by Crippen LogP contribution is 2.27. The zero-order chi connectivity index (χ0) is 15.6. The van der Waals surface area contributed by atoms with E-state index in [1.807, 2.05) is 0 Å². The molecule has 0 aromatic heterocycles. The molecule has 0 atom stereocenters. The number of hydrogen-bond donors (Lipinski definition) is 0. The summed E-state index contributed by atoms with van der Waals surface area (Å²) in [5, 5.41) is 0. The number of benzene rings is 2. The van der Waals surface area contributed by atoms with Gasteiger partial charge in [0.15, 0.2) is 23.3 Å². The Labute approximate surface area is 126 Å². The first kappa shape index (κ1) is 15.4. The summed E-state index contributed by atoms with van der Waals surface area (Å²) < 4.78 is 57.9. The quantitative estimate of drug-likeness (QED) is 0.317. The predicted octanol–water partition coefficient (Wildman–Crippen LogP) is 4.41. The van der Waals surface area contributed by atoms with Crippen molar-refractivity contribution in [2.75, 3.05) is 7.11 Å². The fourth-order valence-corrected chi connectivity index (χ4v) is 1.87. The fraction of sp³-hybridized carbons (Fsp3) is 0.0667. The number of hydrogen-bond acceptors (Lipinski definition) is 1. The number of halogens is 5. The summed E-state index contributed by atoms with van der Waals surface area (Å²) >= 11 is 2.43. The maximum Gasteiger partial charge on any atom is 0.178 e. The van der Waals surface area contributed by atoms with Crippen LogP contribution in [-0.2, 0) is 0 Å². The minimum absolute atomic E-state index is 0.415. The summed E-state index contributed by atoms with van der Waals surface area (Å²) in [5.41, 5.74) is -0.539. The van der Waals surface area contributed by atoms with Gasteiger partial charge in [-0.05, 0) is 40.2 Å². The molecular formula is C15H7BrF4O. The van der Waals surface area contributed by atoms with Crippen molar-refractivity contribution in [3.63, 3.8) is 0 Å². The van der Waals surface area contributed by atoms with Crippen LogP contribution in [0.4, 0.5) is 17.6 Å². The lowest BCUT2D eigenvalue weighted by atomic mass is 10.1. The highest BCUT2D eigenvalue weighted by atomic mass is 79.9. The summed E-state index contributed by atoms with van der Waals surface area (Å²) in [5.74, 6) is -1.00. The molecule has 0 aliphatic heterocycles. The van der Waals surface area contributed by atoms with Gasteiger partial charge in [-0.2, -0.15) is 0 Å². The van der Waals surface area contributed by atoms with E-state index in [0.717, 1.165) is 0 Å². The van der Waals surface area contributed by atoms with E-state index in [0.29, 0.717) is 11.3 Å². The molecule has 0 bridgehead atoms. The normalized spacial score (nSPS) is 10.0. The lowest BCUT2D eigenvalue weighted by molar-refractivity contribution is 0.415. The van der Waals surface area contributed by atoms with E-state index >= 15 is 0 Å². The number of ether oxygens (including phenoxy) is 1. The van der Waals surface area contributed by atoms with Gasteiger partial charge in [-0.3, -0.25) is 0 Å². The van der Waals surface area contributed by atoms with Crippen LogP contribution in [0.5, 0.6) is 5.75 Å². The predicted molar refractivity (Wildman–Crippen MR) is 72.9 cm³/mol. The zero-order valence-corrected chi connectivity index (χ0v) is 12.2. The third-order valence-corrected chi connectivity index (χ3v) is 3.33. The summed E-state index contributed by atoms with van der Waals surface area (Å²) in [7, 11) is 1.48. The van der Waals surface area contributed by atoms with Gasteiger partial charge in [-0.25, -0.2) is 17.6 Å². The van der Waals surface area contributed by atoms with Gasteiger partial charge in [0.1, 0.15) is 11.3 Å². The number of methoxy groups -OCH3 is 1. The molecule has 6 heteroatoms. The van der Waals surface area contributed by atoms with E-state index in [4.69, 9.17) is 4.74 Å². The monoisotopic (exact) mass is 358 g/mol. The lowest BCUT2D eigenvalue weighted by Gasteiger charge is -2.03. The minimum Gasteiger partial charge on any atom is -0.497 e. The Morgan fingerprint density at radius 2 is 1.38 bits per heavy atom. The van der Waals surface area contributed by atoms with Crippen molar-refractivity contribution < 1.29 is 22.3 Å². The maximum atomic E-state index is 13.6. The van der Waals surface area contributed by atoms with Gasteiger partial charge in [0.2, 0.25) is 0 Å². The summed E-state index contributed by atoms with van der Waals surface area (Å²) in [6, 6.07) is 6.29. The molecule has 0 fully saturated rings. The molecule has 0 amide bonds. The third kappa shape index (κ3) is 3.03. The van der Waals surface area contributed by atoms with E-state index in [1.54, 1.807) is 24.3 Å². The summed E-state index contributed by atoms with van der Waals surface area (Å²) in [6.45, 7) is 0. The van der Waals surface area contributed by atoms with E-state index in [-0.39, 0.29) is 0 Å². The van der Waals surface area contributed by atoms with Crippen molar-refractivity contribution in [1.82, 2.24) is 0 Å². The second-order valence-corrected chi connectivity index (χ2v) is 4.72. The van der Waals surface area contributed by atoms with Gasteiger partial charge in [0.25, 0.3) is 0 Å². The molecular weight excluding hydrogens is 352 g/mol. The van der Waals surface area contributed by atoms with Crippen molar-refractivity contribution in [2.24, 2.45) is 0 Å². The molecule has 0 heterocycles. The second kappa shape index (κ2) is 6.19. The van der Waals surface area contributed by atoms with Crippen LogP contribution < -0.4 is 4.74 Å². The molecule has 2 aromatic rings. The lowest BCUT2D eigenvalue weighted by Crippen LogP contribution is -2.01. The van der Waals surface area contributed by atoms with Crippen LogP contribution >= 0.6 is 15.9 Å². The maximum absolute atomic E-state index is 13.6. The summed E-state index contributed by atoms with van der Waals surface area (Å²) in [6.07, 6.45) is 0. The average Bonchev–Trinajstić information content (AvgIpc) is 2.51. The van der Waals surface area contributed by atoms with E-state index in [1.165, 1.54) is 7.11 Å². The first-order valence-electron chi connectivity index (χ1n) is 5.63. The van der Waals surface area contributed by atoms with Gasteiger partial charge >= 0.3 is 0 Å². The zero-order valence-electron chi connectivity index (χ0n) is 10.6. The van der Waals surface area contributed by atoms with Crippen molar-refractivity contribution in [1.29, 1.82) is 0 Å². The van der Waals surface area contributed by atoms with Crippen LogP contribution in [0.1, 0.15) is 11.1 Å². The Hall–Kier alpha value is -2.00. The topological polar surface area (TPSA) is 9.23 Å². The molecule has 0 spiro atoms. The first-order valence-corrected chi connectivity index (χ1v) is 6.42. The Morgan fingerprint density at radius 1 is 0.857 bits per heavy atom.